The second kappa shape index (κ2) is 16.0. The van der Waals surface area contributed by atoms with E-state index in [1.54, 1.807) is 6.92 Å². The fourth-order valence-corrected chi connectivity index (χ4v) is 2.19. The highest BCUT2D eigenvalue weighted by atomic mass is 16.5. The minimum atomic E-state index is -0.707. The van der Waals surface area contributed by atoms with Crippen molar-refractivity contribution in [3.8, 4) is 0 Å². The summed E-state index contributed by atoms with van der Waals surface area (Å²) in [6.07, 6.45) is 2.08. The highest BCUT2D eigenvalue weighted by Gasteiger charge is 2.24. The van der Waals surface area contributed by atoms with Crippen molar-refractivity contribution < 1.29 is 28.7 Å². The standard InChI is InChI=1S/C19H35N3O6/c1-5-6-16(24)20-8-10-28-12-11-27-9-7-17(25)22-18(14(2)3)19(26)21-15(4)13-23/h13-15,18H,5-12H2,1-4H3,(H,20,24)(H,21,26)(H,22,25). The van der Waals surface area contributed by atoms with E-state index < -0.39 is 12.1 Å². The summed E-state index contributed by atoms with van der Waals surface area (Å²) in [5, 5.41) is 7.94. The summed E-state index contributed by atoms with van der Waals surface area (Å²) in [5.74, 6) is -0.784. The van der Waals surface area contributed by atoms with Gasteiger partial charge in [-0.15, -0.1) is 0 Å². The van der Waals surface area contributed by atoms with Gasteiger partial charge in [0.15, 0.2) is 0 Å². The number of carbonyl (C=O) groups is 4. The van der Waals surface area contributed by atoms with Crippen LogP contribution in [-0.4, -0.2) is 69.1 Å². The SMILES string of the molecule is CCCC(=O)NCCOCCOCCC(=O)NC(C(=O)NC(C)C=O)C(C)C. The topological polar surface area (TPSA) is 123 Å². The third-order valence-electron chi connectivity index (χ3n) is 3.73. The summed E-state index contributed by atoms with van der Waals surface area (Å²) in [4.78, 5) is 46.0. The molecule has 0 aromatic rings. The molecule has 0 aliphatic carbocycles. The molecule has 0 bridgehead atoms. The van der Waals surface area contributed by atoms with Crippen molar-refractivity contribution in [2.45, 2.75) is 59.0 Å². The number of hydrogen-bond acceptors (Lipinski definition) is 6. The first-order valence-corrected chi connectivity index (χ1v) is 9.79. The Balaban J connectivity index is 3.85. The van der Waals surface area contributed by atoms with Gasteiger partial charge in [0, 0.05) is 19.4 Å². The van der Waals surface area contributed by atoms with Crippen LogP contribution in [0.5, 0.6) is 0 Å². The third kappa shape index (κ3) is 13.2. The number of hydrogen-bond donors (Lipinski definition) is 3. The van der Waals surface area contributed by atoms with E-state index in [4.69, 9.17) is 9.47 Å². The molecule has 28 heavy (non-hydrogen) atoms. The number of amides is 3. The summed E-state index contributed by atoms with van der Waals surface area (Å²) < 4.78 is 10.7. The molecule has 0 aliphatic rings. The van der Waals surface area contributed by atoms with E-state index in [1.807, 2.05) is 20.8 Å². The molecular weight excluding hydrogens is 366 g/mol. The first-order chi connectivity index (χ1) is 13.3. The molecule has 0 aromatic heterocycles. The summed E-state index contributed by atoms with van der Waals surface area (Å²) in [6.45, 7) is 8.92. The van der Waals surface area contributed by atoms with Crippen molar-refractivity contribution in [1.82, 2.24) is 16.0 Å². The fraction of sp³-hybridized carbons (Fsp3) is 0.789. The summed E-state index contributed by atoms with van der Waals surface area (Å²) in [7, 11) is 0. The smallest absolute Gasteiger partial charge is 0.243 e. The fourth-order valence-electron chi connectivity index (χ4n) is 2.19. The van der Waals surface area contributed by atoms with Gasteiger partial charge in [-0.2, -0.15) is 0 Å². The molecule has 0 radical (unpaired) electrons. The van der Waals surface area contributed by atoms with Crippen LogP contribution >= 0.6 is 0 Å². The number of rotatable bonds is 16. The van der Waals surface area contributed by atoms with E-state index in [-0.39, 0.29) is 36.7 Å². The molecule has 0 heterocycles. The Morgan fingerprint density at radius 3 is 2.11 bits per heavy atom. The maximum Gasteiger partial charge on any atom is 0.243 e. The molecule has 3 amide bonds. The number of nitrogens with one attached hydrogen (secondary N) is 3. The molecule has 3 N–H and O–H groups in total. The molecule has 0 aliphatic heterocycles. The Labute approximate surface area is 167 Å². The van der Waals surface area contributed by atoms with Crippen LogP contribution < -0.4 is 16.0 Å². The van der Waals surface area contributed by atoms with Crippen LogP contribution in [0, 0.1) is 5.92 Å². The monoisotopic (exact) mass is 401 g/mol. The van der Waals surface area contributed by atoms with Crippen molar-refractivity contribution in [1.29, 1.82) is 0 Å². The molecule has 0 rings (SSSR count). The van der Waals surface area contributed by atoms with Gasteiger partial charge in [0.05, 0.1) is 32.5 Å². The average molecular weight is 402 g/mol. The first-order valence-electron chi connectivity index (χ1n) is 9.79. The molecule has 0 spiro atoms. The van der Waals surface area contributed by atoms with Gasteiger partial charge in [0.2, 0.25) is 17.7 Å². The minimum absolute atomic E-state index is 0.0161. The van der Waals surface area contributed by atoms with Gasteiger partial charge in [-0.1, -0.05) is 20.8 Å². The predicted octanol–water partition coefficient (Wildman–Crippen LogP) is 0.170. The number of ether oxygens (including phenoxy) is 2. The summed E-state index contributed by atoms with van der Waals surface area (Å²) >= 11 is 0. The Morgan fingerprint density at radius 1 is 0.893 bits per heavy atom. The Morgan fingerprint density at radius 2 is 1.54 bits per heavy atom. The van der Waals surface area contributed by atoms with E-state index in [9.17, 15) is 19.2 Å². The maximum absolute atomic E-state index is 12.1. The zero-order chi connectivity index (χ0) is 21.4. The quantitative estimate of drug-likeness (QED) is 0.250. The summed E-state index contributed by atoms with van der Waals surface area (Å²) in [5.41, 5.74) is 0. The summed E-state index contributed by atoms with van der Waals surface area (Å²) in [6, 6.07) is -1.31. The molecule has 0 saturated heterocycles. The van der Waals surface area contributed by atoms with Crippen LogP contribution in [0.4, 0.5) is 0 Å². The van der Waals surface area contributed by atoms with E-state index in [2.05, 4.69) is 16.0 Å². The molecule has 9 heteroatoms. The molecule has 162 valence electrons. The normalized spacial score (nSPS) is 12.9. The molecular formula is C19H35N3O6. The van der Waals surface area contributed by atoms with Crippen molar-refractivity contribution in [3.05, 3.63) is 0 Å². The van der Waals surface area contributed by atoms with Gasteiger partial charge in [-0.05, 0) is 19.3 Å². The lowest BCUT2D eigenvalue weighted by atomic mass is 10.0. The zero-order valence-corrected chi connectivity index (χ0v) is 17.4. The lowest BCUT2D eigenvalue weighted by Crippen LogP contribution is -2.52. The van der Waals surface area contributed by atoms with Crippen LogP contribution in [0.2, 0.25) is 0 Å². The van der Waals surface area contributed by atoms with Gasteiger partial charge in [-0.3, -0.25) is 14.4 Å². The zero-order valence-electron chi connectivity index (χ0n) is 17.4. The Kier molecular flexibility index (Phi) is 14.9. The van der Waals surface area contributed by atoms with E-state index in [1.165, 1.54) is 0 Å². The van der Waals surface area contributed by atoms with Gasteiger partial charge in [0.1, 0.15) is 12.3 Å². The lowest BCUT2D eigenvalue weighted by molar-refractivity contribution is -0.131. The minimum Gasteiger partial charge on any atom is -0.379 e. The molecule has 0 saturated carbocycles. The first kappa shape index (κ1) is 26.0. The second-order valence-electron chi connectivity index (χ2n) is 6.80. The van der Waals surface area contributed by atoms with Gasteiger partial charge in [0.25, 0.3) is 0 Å². The van der Waals surface area contributed by atoms with Crippen LogP contribution in [0.15, 0.2) is 0 Å². The van der Waals surface area contributed by atoms with E-state index in [0.29, 0.717) is 39.1 Å². The number of aldehydes is 1. The van der Waals surface area contributed by atoms with Crippen molar-refractivity contribution in [2.24, 2.45) is 5.92 Å². The predicted molar refractivity (Wildman–Crippen MR) is 105 cm³/mol. The van der Waals surface area contributed by atoms with Gasteiger partial charge >= 0.3 is 0 Å². The van der Waals surface area contributed by atoms with Crippen LogP contribution in [0.1, 0.15) is 47.0 Å². The lowest BCUT2D eigenvalue weighted by Gasteiger charge is -2.22. The Hall–Kier alpha value is -2.00. The van der Waals surface area contributed by atoms with Crippen molar-refractivity contribution in [3.63, 3.8) is 0 Å². The van der Waals surface area contributed by atoms with Crippen molar-refractivity contribution >= 4 is 24.0 Å². The molecule has 2 atom stereocenters. The number of carbonyl (C=O) groups excluding carboxylic acids is 4. The van der Waals surface area contributed by atoms with Crippen LogP contribution in [0.25, 0.3) is 0 Å². The Bertz CT molecular complexity index is 484. The highest BCUT2D eigenvalue weighted by Crippen LogP contribution is 2.03. The van der Waals surface area contributed by atoms with Crippen molar-refractivity contribution in [2.75, 3.05) is 33.0 Å². The molecule has 0 aromatic carbocycles. The van der Waals surface area contributed by atoms with Gasteiger partial charge in [-0.25, -0.2) is 0 Å². The molecule has 0 fully saturated rings. The second-order valence-corrected chi connectivity index (χ2v) is 6.80. The largest absolute Gasteiger partial charge is 0.379 e. The average Bonchev–Trinajstić information content (AvgIpc) is 2.64. The van der Waals surface area contributed by atoms with Gasteiger partial charge < -0.3 is 30.2 Å². The van der Waals surface area contributed by atoms with Crippen LogP contribution in [-0.2, 0) is 28.7 Å². The van der Waals surface area contributed by atoms with Crippen LogP contribution in [0.3, 0.4) is 0 Å². The third-order valence-corrected chi connectivity index (χ3v) is 3.73. The molecule has 2 unspecified atom stereocenters. The van der Waals surface area contributed by atoms with E-state index in [0.717, 1.165) is 6.42 Å². The molecule has 9 nitrogen and oxygen atoms in total. The highest BCUT2D eigenvalue weighted by molar-refractivity contribution is 5.89. The van der Waals surface area contributed by atoms with E-state index >= 15 is 0 Å². The maximum atomic E-state index is 12.1.